The number of fused-ring (bicyclic) bond motifs is 3. The summed E-state index contributed by atoms with van der Waals surface area (Å²) in [4.78, 5) is 39.0. The van der Waals surface area contributed by atoms with Gasteiger partial charge in [0.05, 0.1) is 35.2 Å². The number of nitro groups is 1. The van der Waals surface area contributed by atoms with E-state index in [1.54, 1.807) is 12.1 Å². The molecule has 0 radical (unpaired) electrons. The van der Waals surface area contributed by atoms with Gasteiger partial charge in [0, 0.05) is 18.1 Å². The maximum absolute atomic E-state index is 13.6. The first-order chi connectivity index (χ1) is 18.4. The van der Waals surface area contributed by atoms with Gasteiger partial charge in [-0.25, -0.2) is 4.90 Å². The lowest BCUT2D eigenvalue weighted by molar-refractivity contribution is -0.384. The lowest BCUT2D eigenvalue weighted by atomic mass is 9.69. The van der Waals surface area contributed by atoms with Crippen LogP contribution in [0.3, 0.4) is 0 Å². The van der Waals surface area contributed by atoms with E-state index in [9.17, 15) is 24.8 Å². The standard InChI is InChI=1S/C29H32N2O7/c1-3-17(12-21-9-10-22(15-32)38-21)8-11-25-26-18(4-2)13-23-27(24(26)16-37-25)29(34)30(28(23)33)19-6-5-7-20(14-19)31(35)36/h5-7,9-10,12,14,23-25,27,32H,3-4,8,11,13,15-16H2,1-2H3/b17-12+/t23-,24+,25-,27-/m1/s1. The minimum absolute atomic E-state index is 0.120. The first-order valence-corrected chi connectivity index (χ1v) is 13.2. The number of hydrogen-bond acceptors (Lipinski definition) is 7. The van der Waals surface area contributed by atoms with Crippen molar-refractivity contribution in [2.45, 2.75) is 58.7 Å². The van der Waals surface area contributed by atoms with E-state index in [4.69, 9.17) is 9.15 Å². The van der Waals surface area contributed by atoms with E-state index in [1.165, 1.54) is 29.3 Å². The van der Waals surface area contributed by atoms with Gasteiger partial charge in [-0.2, -0.15) is 0 Å². The quantitative estimate of drug-likeness (QED) is 0.209. The number of anilines is 1. The Labute approximate surface area is 220 Å². The lowest BCUT2D eigenvalue weighted by Gasteiger charge is -2.31. The summed E-state index contributed by atoms with van der Waals surface area (Å²) in [7, 11) is 0. The third-order valence-electron chi connectivity index (χ3n) is 8.10. The van der Waals surface area contributed by atoms with Gasteiger partial charge in [-0.15, -0.1) is 0 Å². The molecule has 3 aliphatic rings. The van der Waals surface area contributed by atoms with E-state index in [-0.39, 0.29) is 41.8 Å². The molecule has 1 aromatic carbocycles. The van der Waals surface area contributed by atoms with Crippen LogP contribution in [0.5, 0.6) is 0 Å². The summed E-state index contributed by atoms with van der Waals surface area (Å²) in [5.41, 5.74) is 3.64. The van der Waals surface area contributed by atoms with Crippen molar-refractivity contribution in [3.05, 3.63) is 74.8 Å². The van der Waals surface area contributed by atoms with Crippen molar-refractivity contribution in [1.29, 1.82) is 0 Å². The Balaban J connectivity index is 1.36. The fraction of sp³-hybridized carbons (Fsp3) is 0.448. The van der Waals surface area contributed by atoms with Gasteiger partial charge in [-0.3, -0.25) is 19.7 Å². The second kappa shape index (κ2) is 10.7. The van der Waals surface area contributed by atoms with Gasteiger partial charge < -0.3 is 14.3 Å². The van der Waals surface area contributed by atoms with E-state index in [0.29, 0.717) is 24.5 Å². The molecule has 0 bridgehead atoms. The number of non-ortho nitro benzene ring substituents is 1. The average Bonchev–Trinajstić information content (AvgIpc) is 3.62. The minimum atomic E-state index is -0.526. The molecular weight excluding hydrogens is 488 g/mol. The number of nitro benzene ring substituents is 1. The van der Waals surface area contributed by atoms with Crippen LogP contribution in [0.4, 0.5) is 11.4 Å². The van der Waals surface area contributed by atoms with Crippen molar-refractivity contribution < 1.29 is 28.8 Å². The monoisotopic (exact) mass is 520 g/mol. The van der Waals surface area contributed by atoms with Crippen LogP contribution in [0, 0.1) is 27.9 Å². The molecule has 2 fully saturated rings. The fourth-order valence-corrected chi connectivity index (χ4v) is 6.24. The summed E-state index contributed by atoms with van der Waals surface area (Å²) < 4.78 is 11.9. The van der Waals surface area contributed by atoms with Crippen LogP contribution in [0.2, 0.25) is 0 Å². The molecule has 3 heterocycles. The molecule has 2 aliphatic heterocycles. The third-order valence-corrected chi connectivity index (χ3v) is 8.10. The smallest absolute Gasteiger partial charge is 0.271 e. The Kier molecular flexibility index (Phi) is 7.32. The Morgan fingerprint density at radius 3 is 2.68 bits per heavy atom. The molecule has 4 atom stereocenters. The van der Waals surface area contributed by atoms with Gasteiger partial charge in [0.1, 0.15) is 18.1 Å². The molecule has 2 amide bonds. The van der Waals surface area contributed by atoms with Crippen LogP contribution >= 0.6 is 0 Å². The molecule has 9 heteroatoms. The number of allylic oxidation sites excluding steroid dienone is 2. The molecule has 200 valence electrons. The molecule has 1 aromatic heterocycles. The number of carbonyl (C=O) groups is 2. The molecule has 38 heavy (non-hydrogen) atoms. The number of aliphatic hydroxyl groups excluding tert-OH is 1. The largest absolute Gasteiger partial charge is 0.459 e. The molecule has 0 unspecified atom stereocenters. The zero-order valence-electron chi connectivity index (χ0n) is 21.6. The summed E-state index contributed by atoms with van der Waals surface area (Å²) in [6.07, 6.45) is 5.58. The molecule has 0 saturated carbocycles. The van der Waals surface area contributed by atoms with E-state index in [1.807, 2.05) is 12.1 Å². The maximum Gasteiger partial charge on any atom is 0.271 e. The molecule has 0 spiro atoms. The van der Waals surface area contributed by atoms with Gasteiger partial charge in [-0.05, 0) is 62.0 Å². The summed E-state index contributed by atoms with van der Waals surface area (Å²) >= 11 is 0. The van der Waals surface area contributed by atoms with Crippen LogP contribution in [0.15, 0.2) is 57.5 Å². The fourth-order valence-electron chi connectivity index (χ4n) is 6.24. The highest BCUT2D eigenvalue weighted by Gasteiger charge is 2.57. The number of benzene rings is 1. The zero-order valence-corrected chi connectivity index (χ0v) is 21.6. The zero-order chi connectivity index (χ0) is 27.0. The van der Waals surface area contributed by atoms with Gasteiger partial charge in [0.15, 0.2) is 0 Å². The lowest BCUT2D eigenvalue weighted by Crippen LogP contribution is -2.34. The number of imide groups is 1. The predicted octanol–water partition coefficient (Wildman–Crippen LogP) is 5.18. The predicted molar refractivity (Wildman–Crippen MR) is 140 cm³/mol. The topological polar surface area (TPSA) is 123 Å². The molecule has 2 aromatic rings. The number of rotatable bonds is 9. The van der Waals surface area contributed by atoms with Crippen LogP contribution in [-0.4, -0.2) is 34.6 Å². The summed E-state index contributed by atoms with van der Waals surface area (Å²) in [6, 6.07) is 9.32. The first kappa shape index (κ1) is 26.1. The normalized spacial score (nSPS) is 25.2. The minimum Gasteiger partial charge on any atom is -0.459 e. The highest BCUT2D eigenvalue weighted by atomic mass is 16.6. The Hall–Kier alpha value is -3.56. The van der Waals surface area contributed by atoms with Crippen LogP contribution < -0.4 is 4.90 Å². The summed E-state index contributed by atoms with van der Waals surface area (Å²) in [5.74, 6) is -0.503. The van der Waals surface area contributed by atoms with Gasteiger partial charge >= 0.3 is 0 Å². The third kappa shape index (κ3) is 4.61. The summed E-state index contributed by atoms with van der Waals surface area (Å²) in [6.45, 7) is 4.41. The van der Waals surface area contributed by atoms with Crippen LogP contribution in [0.1, 0.15) is 57.5 Å². The number of ether oxygens (including phenoxy) is 1. The van der Waals surface area contributed by atoms with E-state index >= 15 is 0 Å². The SMILES string of the molecule is CCC1=C2[C@@H](CC/C(=C/c3ccc(CO)o3)CC)OC[C@@H]2[C@@H]2C(=O)N(c3cccc([N+](=O)[O-])c3)C(=O)[C@@H]2C1. The van der Waals surface area contributed by atoms with Crippen molar-refractivity contribution in [1.82, 2.24) is 0 Å². The van der Waals surface area contributed by atoms with Crippen LogP contribution in [-0.2, 0) is 20.9 Å². The Morgan fingerprint density at radius 2 is 2.00 bits per heavy atom. The number of hydrogen-bond donors (Lipinski definition) is 1. The maximum atomic E-state index is 13.6. The Bertz CT molecular complexity index is 1320. The average molecular weight is 521 g/mol. The van der Waals surface area contributed by atoms with Crippen molar-refractivity contribution in [3.63, 3.8) is 0 Å². The first-order valence-electron chi connectivity index (χ1n) is 13.2. The molecule has 2 saturated heterocycles. The van der Waals surface area contributed by atoms with Gasteiger partial charge in [0.2, 0.25) is 11.8 Å². The second-order valence-electron chi connectivity index (χ2n) is 10.1. The number of aliphatic hydroxyl groups is 1. The van der Waals surface area contributed by atoms with Crippen molar-refractivity contribution in [2.24, 2.45) is 17.8 Å². The highest BCUT2D eigenvalue weighted by molar-refractivity contribution is 6.22. The summed E-state index contributed by atoms with van der Waals surface area (Å²) in [5, 5.41) is 20.5. The molecule has 5 rings (SSSR count). The molecule has 9 nitrogen and oxygen atoms in total. The number of carbonyl (C=O) groups excluding carboxylic acids is 2. The van der Waals surface area contributed by atoms with Crippen LogP contribution in [0.25, 0.3) is 6.08 Å². The molecular formula is C29H32N2O7. The van der Waals surface area contributed by atoms with Crippen molar-refractivity contribution >= 4 is 29.3 Å². The number of furan rings is 1. The van der Waals surface area contributed by atoms with Crippen molar-refractivity contribution in [2.75, 3.05) is 11.5 Å². The van der Waals surface area contributed by atoms with E-state index < -0.39 is 16.8 Å². The molecule has 1 N–H and O–H groups in total. The highest BCUT2D eigenvalue weighted by Crippen LogP contribution is 2.51. The second-order valence-corrected chi connectivity index (χ2v) is 10.1. The number of nitrogens with zero attached hydrogens (tertiary/aromatic N) is 2. The van der Waals surface area contributed by atoms with Crippen molar-refractivity contribution in [3.8, 4) is 0 Å². The van der Waals surface area contributed by atoms with Gasteiger partial charge in [0.25, 0.3) is 5.69 Å². The Morgan fingerprint density at radius 1 is 1.18 bits per heavy atom. The van der Waals surface area contributed by atoms with Gasteiger partial charge in [-0.1, -0.05) is 31.1 Å². The van der Waals surface area contributed by atoms with E-state index in [0.717, 1.165) is 36.2 Å². The number of amides is 2. The molecule has 1 aliphatic carbocycles. The van der Waals surface area contributed by atoms with E-state index in [2.05, 4.69) is 13.8 Å².